The van der Waals surface area contributed by atoms with Crippen LogP contribution in [0.3, 0.4) is 0 Å². The fourth-order valence-electron chi connectivity index (χ4n) is 1.33. The summed E-state index contributed by atoms with van der Waals surface area (Å²) in [5.41, 5.74) is 1.20. The van der Waals surface area contributed by atoms with Crippen molar-refractivity contribution in [2.24, 2.45) is 0 Å². The van der Waals surface area contributed by atoms with Crippen LogP contribution in [-0.2, 0) is 0 Å². The van der Waals surface area contributed by atoms with Crippen molar-refractivity contribution in [3.8, 4) is 11.5 Å². The maximum absolute atomic E-state index is 11.1. The highest BCUT2D eigenvalue weighted by atomic mass is 16.4. The molecule has 0 saturated heterocycles. The number of nitrogens with zero attached hydrogens (tertiary/aromatic N) is 3. The van der Waals surface area contributed by atoms with Gasteiger partial charge in [-0.05, 0) is 24.6 Å². The molecular formula is C11H9N3O2. The fraction of sp³-hybridized carbons (Fsp3) is 0.0909. The monoisotopic (exact) mass is 215 g/mol. The Balaban J connectivity index is 2.61. The Bertz CT molecular complexity index is 526. The largest absolute Gasteiger partial charge is 0.478 e. The van der Waals surface area contributed by atoms with Crippen LogP contribution in [0.4, 0.5) is 0 Å². The Morgan fingerprint density at radius 1 is 1.25 bits per heavy atom. The minimum absolute atomic E-state index is 0.117. The van der Waals surface area contributed by atoms with E-state index in [9.17, 15) is 4.79 Å². The quantitative estimate of drug-likeness (QED) is 0.822. The van der Waals surface area contributed by atoms with Crippen LogP contribution in [0.2, 0.25) is 0 Å². The summed E-state index contributed by atoms with van der Waals surface area (Å²) in [5, 5.41) is 9.06. The molecule has 0 saturated carbocycles. The van der Waals surface area contributed by atoms with Gasteiger partial charge in [0, 0.05) is 18.6 Å². The van der Waals surface area contributed by atoms with Gasteiger partial charge in [-0.1, -0.05) is 0 Å². The minimum Gasteiger partial charge on any atom is -0.478 e. The van der Waals surface area contributed by atoms with Gasteiger partial charge in [-0.15, -0.1) is 0 Å². The smallest absolute Gasteiger partial charge is 0.338 e. The van der Waals surface area contributed by atoms with Crippen molar-refractivity contribution < 1.29 is 9.90 Å². The zero-order valence-corrected chi connectivity index (χ0v) is 8.58. The number of aromatic carboxylic acids is 1. The number of carbonyl (C=O) groups is 1. The molecular weight excluding hydrogens is 206 g/mol. The van der Waals surface area contributed by atoms with Crippen molar-refractivity contribution in [2.75, 3.05) is 0 Å². The van der Waals surface area contributed by atoms with Gasteiger partial charge >= 0.3 is 5.97 Å². The number of rotatable bonds is 2. The van der Waals surface area contributed by atoms with Gasteiger partial charge in [-0.2, -0.15) is 0 Å². The van der Waals surface area contributed by atoms with Crippen LogP contribution in [0.15, 0.2) is 30.7 Å². The van der Waals surface area contributed by atoms with Crippen molar-refractivity contribution in [1.82, 2.24) is 15.0 Å². The summed E-state index contributed by atoms with van der Waals surface area (Å²) in [6.45, 7) is 1.79. The van der Waals surface area contributed by atoms with E-state index >= 15 is 0 Å². The minimum atomic E-state index is -1.03. The second kappa shape index (κ2) is 4.06. The summed E-state index contributed by atoms with van der Waals surface area (Å²) >= 11 is 0. The third-order valence-electron chi connectivity index (χ3n) is 2.03. The van der Waals surface area contributed by atoms with Crippen LogP contribution in [0.25, 0.3) is 11.5 Å². The molecule has 1 N–H and O–H groups in total. The van der Waals surface area contributed by atoms with Gasteiger partial charge < -0.3 is 5.11 Å². The van der Waals surface area contributed by atoms with Gasteiger partial charge in [0.25, 0.3) is 0 Å². The lowest BCUT2D eigenvalue weighted by molar-refractivity contribution is 0.0697. The lowest BCUT2D eigenvalue weighted by Gasteiger charge is -2.03. The number of pyridine rings is 1. The molecule has 5 nitrogen and oxygen atoms in total. The second-order valence-electron chi connectivity index (χ2n) is 3.29. The Morgan fingerprint density at radius 3 is 2.56 bits per heavy atom. The molecule has 0 spiro atoms. The molecule has 0 amide bonds. The molecule has 0 atom stereocenters. The first kappa shape index (κ1) is 10.2. The summed E-state index contributed by atoms with van der Waals surface area (Å²) in [4.78, 5) is 23.1. The van der Waals surface area contributed by atoms with E-state index < -0.39 is 5.97 Å². The Labute approximate surface area is 91.8 Å². The van der Waals surface area contributed by atoms with Crippen LogP contribution < -0.4 is 0 Å². The highest BCUT2D eigenvalue weighted by molar-refractivity contribution is 5.93. The maximum atomic E-state index is 11.1. The van der Waals surface area contributed by atoms with Gasteiger partial charge in [0.15, 0.2) is 5.82 Å². The van der Waals surface area contributed by atoms with E-state index in [1.165, 1.54) is 0 Å². The number of aryl methyl sites for hydroxylation is 1. The van der Waals surface area contributed by atoms with Gasteiger partial charge in [0.2, 0.25) is 0 Å². The van der Waals surface area contributed by atoms with Crippen LogP contribution >= 0.6 is 0 Å². The molecule has 0 radical (unpaired) electrons. The standard InChI is InChI=1S/C11H9N3O2/c1-7-5-8(11(15)16)9(14-6-7)10-12-3-2-4-13-10/h2-6H,1H3,(H,15,16). The van der Waals surface area contributed by atoms with E-state index in [4.69, 9.17) is 5.11 Å². The molecule has 2 heterocycles. The normalized spacial score (nSPS) is 10.1. The van der Waals surface area contributed by atoms with E-state index in [2.05, 4.69) is 15.0 Å². The van der Waals surface area contributed by atoms with Crippen LogP contribution in [0.1, 0.15) is 15.9 Å². The molecule has 0 bridgehead atoms. The van der Waals surface area contributed by atoms with Crippen molar-refractivity contribution in [1.29, 1.82) is 0 Å². The zero-order chi connectivity index (χ0) is 11.5. The Morgan fingerprint density at radius 2 is 1.94 bits per heavy atom. The molecule has 0 aliphatic rings. The van der Waals surface area contributed by atoms with E-state index in [0.717, 1.165) is 5.56 Å². The number of hydrogen-bond acceptors (Lipinski definition) is 4. The van der Waals surface area contributed by atoms with E-state index in [1.807, 2.05) is 0 Å². The zero-order valence-electron chi connectivity index (χ0n) is 8.58. The van der Waals surface area contributed by atoms with Crippen LogP contribution in [-0.4, -0.2) is 26.0 Å². The van der Waals surface area contributed by atoms with E-state index in [1.54, 1.807) is 37.6 Å². The number of carboxylic acids is 1. The average molecular weight is 215 g/mol. The molecule has 0 fully saturated rings. The summed E-state index contributed by atoms with van der Waals surface area (Å²) in [6.07, 6.45) is 4.70. The fourth-order valence-corrected chi connectivity index (χ4v) is 1.33. The molecule has 0 aliphatic carbocycles. The highest BCUT2D eigenvalue weighted by Crippen LogP contribution is 2.17. The molecule has 80 valence electrons. The highest BCUT2D eigenvalue weighted by Gasteiger charge is 2.14. The lowest BCUT2D eigenvalue weighted by atomic mass is 10.1. The first-order valence-electron chi connectivity index (χ1n) is 4.66. The predicted octanol–water partition coefficient (Wildman–Crippen LogP) is 1.55. The maximum Gasteiger partial charge on any atom is 0.338 e. The molecule has 2 aromatic rings. The van der Waals surface area contributed by atoms with Crippen molar-refractivity contribution >= 4 is 5.97 Å². The van der Waals surface area contributed by atoms with Gasteiger partial charge in [-0.3, -0.25) is 4.98 Å². The molecule has 2 rings (SSSR count). The summed E-state index contributed by atoms with van der Waals surface area (Å²) in [5.74, 6) is -0.710. The molecule has 2 aromatic heterocycles. The first-order chi connectivity index (χ1) is 7.68. The van der Waals surface area contributed by atoms with E-state index in [-0.39, 0.29) is 5.56 Å². The average Bonchev–Trinajstić information content (AvgIpc) is 2.30. The summed E-state index contributed by atoms with van der Waals surface area (Å²) in [6, 6.07) is 3.22. The predicted molar refractivity (Wildman–Crippen MR) is 57.0 cm³/mol. The third-order valence-corrected chi connectivity index (χ3v) is 2.03. The third kappa shape index (κ3) is 1.88. The van der Waals surface area contributed by atoms with Crippen molar-refractivity contribution in [3.05, 3.63) is 41.9 Å². The second-order valence-corrected chi connectivity index (χ2v) is 3.29. The van der Waals surface area contributed by atoms with Crippen LogP contribution in [0, 0.1) is 6.92 Å². The molecule has 16 heavy (non-hydrogen) atoms. The van der Waals surface area contributed by atoms with Crippen LogP contribution in [0.5, 0.6) is 0 Å². The van der Waals surface area contributed by atoms with Crippen molar-refractivity contribution in [2.45, 2.75) is 6.92 Å². The SMILES string of the molecule is Cc1cnc(-c2ncccn2)c(C(=O)O)c1. The molecule has 5 heteroatoms. The first-order valence-corrected chi connectivity index (χ1v) is 4.66. The Kier molecular flexibility index (Phi) is 2.59. The molecule has 0 unspecified atom stereocenters. The lowest BCUT2D eigenvalue weighted by Crippen LogP contribution is -2.04. The van der Waals surface area contributed by atoms with Gasteiger partial charge in [0.05, 0.1) is 5.56 Å². The Hall–Kier alpha value is -2.30. The van der Waals surface area contributed by atoms with Crippen molar-refractivity contribution in [3.63, 3.8) is 0 Å². The van der Waals surface area contributed by atoms with E-state index in [0.29, 0.717) is 11.5 Å². The summed E-state index contributed by atoms with van der Waals surface area (Å²) < 4.78 is 0. The van der Waals surface area contributed by atoms with Gasteiger partial charge in [0.1, 0.15) is 5.69 Å². The topological polar surface area (TPSA) is 76.0 Å². The molecule has 0 aromatic carbocycles. The number of hydrogen-bond donors (Lipinski definition) is 1. The number of carboxylic acid groups (broad SMARTS) is 1. The van der Waals surface area contributed by atoms with Gasteiger partial charge in [-0.25, -0.2) is 14.8 Å². The molecule has 0 aliphatic heterocycles. The summed E-state index contributed by atoms with van der Waals surface area (Å²) in [7, 11) is 0. The number of aromatic nitrogens is 3.